The summed E-state index contributed by atoms with van der Waals surface area (Å²) in [4.78, 5) is 0. The van der Waals surface area contributed by atoms with Crippen LogP contribution in [0.25, 0.3) is 0 Å². The monoisotopic (exact) mass is 303 g/mol. The minimum atomic E-state index is -4.09. The summed E-state index contributed by atoms with van der Waals surface area (Å²) >= 11 is 0. The molecule has 0 radical (unpaired) electrons. The van der Waals surface area contributed by atoms with Crippen molar-refractivity contribution in [2.45, 2.75) is 37.9 Å². The highest BCUT2D eigenvalue weighted by molar-refractivity contribution is 5.49. The van der Waals surface area contributed by atoms with Gasteiger partial charge >= 0.3 is 6.18 Å². The first-order valence-corrected chi connectivity index (χ1v) is 6.99. The van der Waals surface area contributed by atoms with Gasteiger partial charge < -0.3 is 14.8 Å². The Labute approximate surface area is 122 Å². The molecule has 1 aromatic carbocycles. The quantitative estimate of drug-likeness (QED) is 0.901. The zero-order valence-electron chi connectivity index (χ0n) is 12.2. The smallest absolute Gasteiger partial charge is 0.389 e. The van der Waals surface area contributed by atoms with Crippen molar-refractivity contribution in [3.05, 3.63) is 23.3 Å². The summed E-state index contributed by atoms with van der Waals surface area (Å²) in [6.45, 7) is 0.763. The summed E-state index contributed by atoms with van der Waals surface area (Å²) in [5.74, 6) is 1.27. The summed E-state index contributed by atoms with van der Waals surface area (Å²) in [6, 6.07) is 3.74. The van der Waals surface area contributed by atoms with E-state index < -0.39 is 12.6 Å². The first kappa shape index (κ1) is 15.9. The van der Waals surface area contributed by atoms with Crippen LogP contribution in [0.4, 0.5) is 13.2 Å². The molecule has 1 N–H and O–H groups in total. The fourth-order valence-electron chi connectivity index (χ4n) is 2.73. The number of hydrogen-bond acceptors (Lipinski definition) is 3. The second-order valence-electron chi connectivity index (χ2n) is 5.17. The summed E-state index contributed by atoms with van der Waals surface area (Å²) < 4.78 is 47.3. The molecule has 0 aromatic heterocycles. The van der Waals surface area contributed by atoms with E-state index in [9.17, 15) is 13.2 Å². The van der Waals surface area contributed by atoms with Crippen LogP contribution in [0.5, 0.6) is 11.5 Å². The number of halogens is 3. The average molecular weight is 303 g/mol. The molecule has 1 aliphatic heterocycles. The highest BCUT2D eigenvalue weighted by atomic mass is 19.4. The van der Waals surface area contributed by atoms with Crippen molar-refractivity contribution in [3.63, 3.8) is 0 Å². The SMILES string of the molecule is COc1cc2c(cc1OC)C(CCCC(F)(F)F)NCC2. The highest BCUT2D eigenvalue weighted by Crippen LogP contribution is 2.37. The minimum Gasteiger partial charge on any atom is -0.493 e. The van der Waals surface area contributed by atoms with E-state index in [2.05, 4.69) is 5.32 Å². The Bertz CT molecular complexity index is 489. The van der Waals surface area contributed by atoms with Crippen molar-refractivity contribution in [1.29, 1.82) is 0 Å². The van der Waals surface area contributed by atoms with Gasteiger partial charge in [0.1, 0.15) is 0 Å². The highest BCUT2D eigenvalue weighted by Gasteiger charge is 2.28. The van der Waals surface area contributed by atoms with Crippen LogP contribution in [0.1, 0.15) is 36.4 Å². The summed E-state index contributed by atoms with van der Waals surface area (Å²) in [6.07, 6.45) is -3.41. The average Bonchev–Trinajstić information content (AvgIpc) is 2.44. The molecule has 3 nitrogen and oxygen atoms in total. The largest absolute Gasteiger partial charge is 0.493 e. The third-order valence-corrected chi connectivity index (χ3v) is 3.76. The molecule has 1 aliphatic rings. The lowest BCUT2D eigenvalue weighted by atomic mass is 9.90. The normalized spacial score (nSPS) is 18.2. The number of ether oxygens (including phenoxy) is 2. The summed E-state index contributed by atoms with van der Waals surface area (Å²) in [5, 5.41) is 3.29. The van der Waals surface area contributed by atoms with Crippen LogP contribution in [0.15, 0.2) is 12.1 Å². The molecule has 0 bridgehead atoms. The van der Waals surface area contributed by atoms with Gasteiger partial charge in [-0.2, -0.15) is 13.2 Å². The van der Waals surface area contributed by atoms with Crippen LogP contribution in [-0.4, -0.2) is 26.9 Å². The number of benzene rings is 1. The van der Waals surface area contributed by atoms with Gasteiger partial charge in [-0.1, -0.05) is 0 Å². The number of nitrogens with one attached hydrogen (secondary N) is 1. The first-order chi connectivity index (χ1) is 9.94. The summed E-state index contributed by atoms with van der Waals surface area (Å²) in [5.41, 5.74) is 2.13. The van der Waals surface area contributed by atoms with Crippen LogP contribution in [0, 0.1) is 0 Å². The zero-order valence-corrected chi connectivity index (χ0v) is 12.2. The predicted molar refractivity (Wildman–Crippen MR) is 73.9 cm³/mol. The van der Waals surface area contributed by atoms with Crippen molar-refractivity contribution >= 4 is 0 Å². The van der Waals surface area contributed by atoms with Crippen LogP contribution in [0.2, 0.25) is 0 Å². The minimum absolute atomic E-state index is 0.0593. The van der Waals surface area contributed by atoms with E-state index in [-0.39, 0.29) is 12.5 Å². The fourth-order valence-corrected chi connectivity index (χ4v) is 2.73. The standard InChI is InChI=1S/C15H20F3NO2/c1-20-13-8-10-5-7-19-12(4-3-6-15(16,17)18)11(10)9-14(13)21-2/h8-9,12,19H,3-7H2,1-2H3. The molecule has 1 unspecified atom stereocenters. The topological polar surface area (TPSA) is 30.5 Å². The maximum absolute atomic E-state index is 12.3. The van der Waals surface area contributed by atoms with E-state index in [1.165, 1.54) is 0 Å². The molecular formula is C15H20F3NO2. The number of alkyl halides is 3. The van der Waals surface area contributed by atoms with Gasteiger partial charge in [-0.15, -0.1) is 0 Å². The first-order valence-electron chi connectivity index (χ1n) is 6.99. The molecule has 0 amide bonds. The summed E-state index contributed by atoms with van der Waals surface area (Å²) in [7, 11) is 3.13. The van der Waals surface area contributed by atoms with E-state index in [4.69, 9.17) is 9.47 Å². The Morgan fingerprint density at radius 1 is 1.19 bits per heavy atom. The third-order valence-electron chi connectivity index (χ3n) is 3.76. The van der Waals surface area contributed by atoms with Gasteiger partial charge in [0.15, 0.2) is 11.5 Å². The Kier molecular flexibility index (Phi) is 4.98. The second-order valence-corrected chi connectivity index (χ2v) is 5.17. The second kappa shape index (κ2) is 6.56. The van der Waals surface area contributed by atoms with Crippen molar-refractivity contribution in [3.8, 4) is 11.5 Å². The molecule has 0 fully saturated rings. The molecule has 1 atom stereocenters. The number of hydrogen-bond donors (Lipinski definition) is 1. The third kappa shape index (κ3) is 4.03. The van der Waals surface area contributed by atoms with Crippen molar-refractivity contribution in [1.82, 2.24) is 5.32 Å². The van der Waals surface area contributed by atoms with Crippen molar-refractivity contribution in [2.24, 2.45) is 0 Å². The van der Waals surface area contributed by atoms with Gasteiger partial charge in [-0.3, -0.25) is 0 Å². The molecule has 21 heavy (non-hydrogen) atoms. The zero-order chi connectivity index (χ0) is 15.5. The lowest BCUT2D eigenvalue weighted by Gasteiger charge is -2.28. The van der Waals surface area contributed by atoms with E-state index in [1.54, 1.807) is 14.2 Å². The molecule has 0 saturated carbocycles. The fraction of sp³-hybridized carbons (Fsp3) is 0.600. The molecule has 6 heteroatoms. The van der Waals surface area contributed by atoms with Crippen molar-refractivity contribution < 1.29 is 22.6 Å². The van der Waals surface area contributed by atoms with Gasteiger partial charge in [0.25, 0.3) is 0 Å². The Morgan fingerprint density at radius 2 is 1.86 bits per heavy atom. The van der Waals surface area contributed by atoms with E-state index >= 15 is 0 Å². The Hall–Kier alpha value is -1.43. The molecule has 0 spiro atoms. The number of fused-ring (bicyclic) bond motifs is 1. The molecule has 118 valence electrons. The lowest BCUT2D eigenvalue weighted by Crippen LogP contribution is -2.30. The molecule has 0 saturated heterocycles. The molecular weight excluding hydrogens is 283 g/mol. The van der Waals surface area contributed by atoms with E-state index in [1.807, 2.05) is 12.1 Å². The van der Waals surface area contributed by atoms with Crippen LogP contribution >= 0.6 is 0 Å². The number of methoxy groups -OCH3 is 2. The van der Waals surface area contributed by atoms with Gasteiger partial charge in [0, 0.05) is 12.5 Å². The maximum atomic E-state index is 12.3. The molecule has 1 aromatic rings. The Morgan fingerprint density at radius 3 is 2.48 bits per heavy atom. The van der Waals surface area contributed by atoms with Crippen molar-refractivity contribution in [2.75, 3.05) is 20.8 Å². The van der Waals surface area contributed by atoms with E-state index in [0.717, 1.165) is 24.1 Å². The van der Waals surface area contributed by atoms with E-state index in [0.29, 0.717) is 17.9 Å². The molecule has 1 heterocycles. The molecule has 0 aliphatic carbocycles. The lowest BCUT2D eigenvalue weighted by molar-refractivity contribution is -0.135. The molecule has 2 rings (SSSR count). The van der Waals surface area contributed by atoms with Gasteiger partial charge in [-0.05, 0) is 49.1 Å². The Balaban J connectivity index is 2.14. The van der Waals surface area contributed by atoms with Gasteiger partial charge in [0.2, 0.25) is 0 Å². The van der Waals surface area contributed by atoms with Gasteiger partial charge in [-0.25, -0.2) is 0 Å². The van der Waals surface area contributed by atoms with Crippen LogP contribution in [-0.2, 0) is 6.42 Å². The van der Waals surface area contributed by atoms with Crippen LogP contribution in [0.3, 0.4) is 0 Å². The van der Waals surface area contributed by atoms with Gasteiger partial charge in [0.05, 0.1) is 14.2 Å². The number of rotatable bonds is 5. The van der Waals surface area contributed by atoms with Crippen LogP contribution < -0.4 is 14.8 Å². The predicted octanol–water partition coefficient (Wildman–Crippen LogP) is 3.62. The maximum Gasteiger partial charge on any atom is 0.389 e.